The van der Waals surface area contributed by atoms with Crippen LogP contribution in [0.15, 0.2) is 4.42 Å². The highest BCUT2D eigenvalue weighted by Gasteiger charge is 2.34. The topological polar surface area (TPSA) is 38.1 Å². The average molecular weight is 180 g/mol. The molecule has 3 nitrogen and oxygen atoms in total. The van der Waals surface area contributed by atoms with E-state index in [9.17, 15) is 0 Å². The molecule has 0 radical (unpaired) electrons. The highest BCUT2D eigenvalue weighted by Crippen LogP contribution is 2.32. The molecule has 0 spiro atoms. The summed E-state index contributed by atoms with van der Waals surface area (Å²) >= 11 is 0. The molecular formula is C10H16N2O. The summed E-state index contributed by atoms with van der Waals surface area (Å²) in [5.41, 5.74) is 1.32. The Morgan fingerprint density at radius 1 is 1.62 bits per heavy atom. The summed E-state index contributed by atoms with van der Waals surface area (Å²) in [7, 11) is 0. The quantitative estimate of drug-likeness (QED) is 0.715. The van der Waals surface area contributed by atoms with E-state index in [1.54, 1.807) is 0 Å². The van der Waals surface area contributed by atoms with Crippen LogP contribution in [0.4, 0.5) is 0 Å². The predicted molar refractivity (Wildman–Crippen MR) is 50.6 cm³/mol. The molecule has 1 unspecified atom stereocenters. The largest absolute Gasteiger partial charge is 0.444 e. The van der Waals surface area contributed by atoms with Gasteiger partial charge in [-0.05, 0) is 6.42 Å². The maximum Gasteiger partial charge on any atom is 0.191 e. The van der Waals surface area contributed by atoms with Crippen LogP contribution in [-0.4, -0.2) is 11.5 Å². The Kier molecular flexibility index (Phi) is 1.91. The first-order valence-corrected chi connectivity index (χ1v) is 4.83. The maximum atomic E-state index is 5.53. The second-order valence-corrected chi connectivity index (χ2v) is 4.02. The summed E-state index contributed by atoms with van der Waals surface area (Å²) in [5.74, 6) is 1.81. The third-order valence-electron chi connectivity index (χ3n) is 2.96. The van der Waals surface area contributed by atoms with Crippen molar-refractivity contribution >= 4 is 0 Å². The Morgan fingerprint density at radius 3 is 3.08 bits per heavy atom. The lowest BCUT2D eigenvalue weighted by Gasteiger charge is -2.30. The molecular weight excluding hydrogens is 164 g/mol. The highest BCUT2D eigenvalue weighted by atomic mass is 16.4. The fourth-order valence-corrected chi connectivity index (χ4v) is 1.89. The standard InChI is InChI=1S/C10H16N2O/c1-4-10(3)6-11-5-8-9(10)12-7(2)13-8/h11H,4-6H2,1-3H3. The van der Waals surface area contributed by atoms with Crippen molar-refractivity contribution in [3.63, 3.8) is 0 Å². The summed E-state index contributed by atoms with van der Waals surface area (Å²) in [4.78, 5) is 4.47. The number of hydrogen-bond acceptors (Lipinski definition) is 3. The first kappa shape index (κ1) is 8.75. The molecule has 0 saturated heterocycles. The minimum absolute atomic E-state index is 0.158. The summed E-state index contributed by atoms with van der Waals surface area (Å²) in [6.07, 6.45) is 1.10. The maximum absolute atomic E-state index is 5.53. The molecule has 1 aromatic heterocycles. The van der Waals surface area contributed by atoms with Gasteiger partial charge in [-0.15, -0.1) is 0 Å². The van der Waals surface area contributed by atoms with Crippen LogP contribution >= 0.6 is 0 Å². The molecule has 0 saturated carbocycles. The zero-order chi connectivity index (χ0) is 9.47. The predicted octanol–water partition coefficient (Wildman–Crippen LogP) is 1.75. The van der Waals surface area contributed by atoms with Gasteiger partial charge in [-0.25, -0.2) is 4.98 Å². The molecule has 13 heavy (non-hydrogen) atoms. The highest BCUT2D eigenvalue weighted by molar-refractivity contribution is 5.24. The Hall–Kier alpha value is -0.830. The number of hydrogen-bond donors (Lipinski definition) is 1. The normalized spacial score (nSPS) is 27.3. The Balaban J connectivity index is 2.47. The summed E-state index contributed by atoms with van der Waals surface area (Å²) in [6, 6.07) is 0. The lowest BCUT2D eigenvalue weighted by atomic mass is 9.81. The number of aromatic nitrogens is 1. The van der Waals surface area contributed by atoms with Crippen molar-refractivity contribution in [2.75, 3.05) is 6.54 Å². The van der Waals surface area contributed by atoms with E-state index < -0.39 is 0 Å². The van der Waals surface area contributed by atoms with Crippen LogP contribution in [0.2, 0.25) is 0 Å². The van der Waals surface area contributed by atoms with Gasteiger partial charge in [-0.2, -0.15) is 0 Å². The second-order valence-electron chi connectivity index (χ2n) is 4.02. The van der Waals surface area contributed by atoms with Crippen LogP contribution in [0.3, 0.4) is 0 Å². The van der Waals surface area contributed by atoms with Crippen molar-refractivity contribution in [3.05, 3.63) is 17.3 Å². The van der Waals surface area contributed by atoms with Crippen molar-refractivity contribution < 1.29 is 4.42 Å². The Morgan fingerprint density at radius 2 is 2.38 bits per heavy atom. The van der Waals surface area contributed by atoms with Gasteiger partial charge in [-0.3, -0.25) is 0 Å². The van der Waals surface area contributed by atoms with E-state index in [4.69, 9.17) is 4.42 Å². The molecule has 0 aliphatic carbocycles. The minimum Gasteiger partial charge on any atom is -0.444 e. The van der Waals surface area contributed by atoms with Crippen LogP contribution < -0.4 is 5.32 Å². The summed E-state index contributed by atoms with van der Waals surface area (Å²) in [6.45, 7) is 8.17. The molecule has 2 rings (SSSR count). The van der Waals surface area contributed by atoms with Gasteiger partial charge in [0.05, 0.1) is 12.2 Å². The van der Waals surface area contributed by atoms with Gasteiger partial charge >= 0.3 is 0 Å². The van der Waals surface area contributed by atoms with Crippen LogP contribution in [0.1, 0.15) is 37.6 Å². The Bertz CT molecular complexity index is 319. The number of fused-ring (bicyclic) bond motifs is 1. The number of rotatable bonds is 1. The van der Waals surface area contributed by atoms with Gasteiger partial charge in [0, 0.05) is 18.9 Å². The third kappa shape index (κ3) is 1.27. The molecule has 1 aliphatic heterocycles. The van der Waals surface area contributed by atoms with Gasteiger partial charge in [-0.1, -0.05) is 13.8 Å². The molecule has 1 aromatic rings. The smallest absolute Gasteiger partial charge is 0.191 e. The van der Waals surface area contributed by atoms with Gasteiger partial charge in [0.1, 0.15) is 5.76 Å². The van der Waals surface area contributed by atoms with Crippen LogP contribution in [-0.2, 0) is 12.0 Å². The van der Waals surface area contributed by atoms with Crippen molar-refractivity contribution in [3.8, 4) is 0 Å². The monoisotopic (exact) mass is 180 g/mol. The SMILES string of the molecule is CCC1(C)CNCc2oc(C)nc21. The molecule has 0 bridgehead atoms. The molecule has 0 amide bonds. The Labute approximate surface area is 78.5 Å². The van der Waals surface area contributed by atoms with E-state index >= 15 is 0 Å². The van der Waals surface area contributed by atoms with Crippen molar-refractivity contribution in [2.45, 2.75) is 39.2 Å². The lowest BCUT2D eigenvalue weighted by Crippen LogP contribution is -2.40. The van der Waals surface area contributed by atoms with Gasteiger partial charge in [0.2, 0.25) is 0 Å². The molecule has 1 N–H and O–H groups in total. The molecule has 1 atom stereocenters. The average Bonchev–Trinajstić information content (AvgIpc) is 2.48. The lowest BCUT2D eigenvalue weighted by molar-refractivity contribution is 0.347. The molecule has 0 aromatic carbocycles. The third-order valence-corrected chi connectivity index (χ3v) is 2.96. The van der Waals surface area contributed by atoms with Crippen LogP contribution in [0, 0.1) is 6.92 Å². The molecule has 1 aliphatic rings. The first-order chi connectivity index (χ1) is 6.15. The van der Waals surface area contributed by atoms with Crippen molar-refractivity contribution in [2.24, 2.45) is 0 Å². The fraction of sp³-hybridized carbons (Fsp3) is 0.700. The minimum atomic E-state index is 0.158. The van der Waals surface area contributed by atoms with Crippen LogP contribution in [0.5, 0.6) is 0 Å². The van der Waals surface area contributed by atoms with Crippen molar-refractivity contribution in [1.82, 2.24) is 10.3 Å². The van der Waals surface area contributed by atoms with Gasteiger partial charge < -0.3 is 9.73 Å². The number of nitrogens with one attached hydrogen (secondary N) is 1. The van der Waals surface area contributed by atoms with Gasteiger partial charge in [0.15, 0.2) is 5.89 Å². The van der Waals surface area contributed by atoms with E-state index in [-0.39, 0.29) is 5.41 Å². The van der Waals surface area contributed by atoms with Crippen LogP contribution in [0.25, 0.3) is 0 Å². The van der Waals surface area contributed by atoms with E-state index in [0.29, 0.717) is 0 Å². The molecule has 2 heterocycles. The fourth-order valence-electron chi connectivity index (χ4n) is 1.89. The zero-order valence-corrected chi connectivity index (χ0v) is 8.48. The molecule has 3 heteroatoms. The first-order valence-electron chi connectivity index (χ1n) is 4.83. The second kappa shape index (κ2) is 2.84. The summed E-state index contributed by atoms with van der Waals surface area (Å²) < 4.78 is 5.53. The molecule has 0 fully saturated rings. The number of nitrogens with zero attached hydrogens (tertiary/aromatic N) is 1. The van der Waals surface area contributed by atoms with E-state index in [0.717, 1.165) is 36.9 Å². The van der Waals surface area contributed by atoms with Crippen molar-refractivity contribution in [1.29, 1.82) is 0 Å². The summed E-state index contributed by atoms with van der Waals surface area (Å²) in [5, 5.41) is 3.36. The van der Waals surface area contributed by atoms with Gasteiger partial charge in [0.25, 0.3) is 0 Å². The number of aryl methyl sites for hydroxylation is 1. The van der Waals surface area contributed by atoms with E-state index in [1.807, 2.05) is 6.92 Å². The zero-order valence-electron chi connectivity index (χ0n) is 8.48. The van der Waals surface area contributed by atoms with E-state index in [2.05, 4.69) is 24.1 Å². The van der Waals surface area contributed by atoms with E-state index in [1.165, 1.54) is 0 Å². The molecule has 72 valence electrons. The number of oxazole rings is 1.